The van der Waals surface area contributed by atoms with Crippen LogP contribution in [-0.4, -0.2) is 11.8 Å². The molecule has 0 aliphatic heterocycles. The van der Waals surface area contributed by atoms with Crippen LogP contribution >= 0.6 is 11.8 Å². The Morgan fingerprint density at radius 2 is 1.55 bits per heavy atom. The molecule has 0 nitrogen and oxygen atoms in total. The second-order valence-corrected chi connectivity index (χ2v) is 7.73. The molecule has 1 aliphatic carbocycles. The molecule has 3 unspecified atom stereocenters. The van der Waals surface area contributed by atoms with Crippen LogP contribution < -0.4 is 0 Å². The van der Waals surface area contributed by atoms with Gasteiger partial charge in [0.1, 0.15) is 6.01 Å². The zero-order valence-corrected chi connectivity index (χ0v) is 14.5. The van der Waals surface area contributed by atoms with Crippen molar-refractivity contribution in [3.05, 3.63) is 0 Å². The molecule has 3 atom stereocenters. The van der Waals surface area contributed by atoms with E-state index in [2.05, 4.69) is 13.8 Å². The molecule has 0 aromatic carbocycles. The predicted octanol–water partition coefficient (Wildman–Crippen LogP) is 6.84. The highest BCUT2D eigenvalue weighted by Gasteiger charge is 2.18. The number of halogens is 1. The fourth-order valence-corrected chi connectivity index (χ4v) is 4.40. The van der Waals surface area contributed by atoms with Gasteiger partial charge in [-0.25, -0.2) is 4.39 Å². The fourth-order valence-electron chi connectivity index (χ4n) is 3.67. The van der Waals surface area contributed by atoms with E-state index in [4.69, 9.17) is 0 Å². The summed E-state index contributed by atoms with van der Waals surface area (Å²) in [5, 5.41) is 0. The van der Waals surface area contributed by atoms with E-state index in [1.165, 1.54) is 82.4 Å². The number of thioether (sulfide) groups is 1. The summed E-state index contributed by atoms with van der Waals surface area (Å²) in [6.07, 6.45) is 15.5. The van der Waals surface area contributed by atoms with E-state index in [9.17, 15) is 4.39 Å². The molecule has 0 aromatic heterocycles. The van der Waals surface area contributed by atoms with E-state index >= 15 is 0 Å². The van der Waals surface area contributed by atoms with Gasteiger partial charge in [-0.05, 0) is 23.5 Å². The number of alkyl halides is 1. The molecule has 1 aliphatic rings. The maximum absolute atomic E-state index is 12.3. The van der Waals surface area contributed by atoms with Gasteiger partial charge in [0.15, 0.2) is 0 Å². The summed E-state index contributed by atoms with van der Waals surface area (Å²) in [6.45, 7) is 4.70. The van der Waals surface area contributed by atoms with Gasteiger partial charge < -0.3 is 0 Å². The first kappa shape index (κ1) is 18.3. The third-order valence-electron chi connectivity index (χ3n) is 5.21. The highest BCUT2D eigenvalue weighted by Crippen LogP contribution is 2.30. The summed E-state index contributed by atoms with van der Waals surface area (Å²) < 4.78 is 12.3. The molecule has 1 fully saturated rings. The smallest absolute Gasteiger partial charge is 0.135 e. The second kappa shape index (κ2) is 11.9. The number of rotatable bonds is 5. The minimum atomic E-state index is -0.213. The van der Waals surface area contributed by atoms with Crippen LogP contribution in [0.1, 0.15) is 84.5 Å². The largest absolute Gasteiger partial charge is 0.239 e. The van der Waals surface area contributed by atoms with Gasteiger partial charge >= 0.3 is 0 Å². The number of hydrogen-bond donors (Lipinski definition) is 0. The average molecular weight is 303 g/mol. The molecule has 0 N–H and O–H groups in total. The van der Waals surface area contributed by atoms with Crippen molar-refractivity contribution in [1.82, 2.24) is 0 Å². The molecule has 2 heteroatoms. The van der Waals surface area contributed by atoms with Gasteiger partial charge in [-0.1, -0.05) is 84.5 Å². The van der Waals surface area contributed by atoms with Crippen LogP contribution in [0, 0.1) is 17.8 Å². The number of hydrogen-bond acceptors (Lipinski definition) is 1. The van der Waals surface area contributed by atoms with Gasteiger partial charge in [0.05, 0.1) is 0 Å². The standard InChI is InChI=1S/C18H35FS/c1-3-17-10-7-5-4-6-8-12-18(13-9-11-17)16(2)14-20-15-19/h16-18H,3-15H2,1-2H3. The van der Waals surface area contributed by atoms with E-state index < -0.39 is 0 Å². The molecule has 1 rings (SSSR count). The van der Waals surface area contributed by atoms with Gasteiger partial charge in [-0.15, -0.1) is 11.8 Å². The molecule has 0 bridgehead atoms. The van der Waals surface area contributed by atoms with E-state index in [1.807, 2.05) is 0 Å². The lowest BCUT2D eigenvalue weighted by Gasteiger charge is -2.25. The zero-order chi connectivity index (χ0) is 14.6. The van der Waals surface area contributed by atoms with E-state index in [0.717, 1.165) is 17.6 Å². The minimum absolute atomic E-state index is 0.213. The molecular formula is C18H35FS. The Labute approximate surface area is 130 Å². The van der Waals surface area contributed by atoms with Crippen LogP contribution in [0.15, 0.2) is 0 Å². The molecule has 20 heavy (non-hydrogen) atoms. The summed E-state index contributed by atoms with van der Waals surface area (Å²) >= 11 is 1.48. The highest BCUT2D eigenvalue weighted by atomic mass is 32.2. The lowest BCUT2D eigenvalue weighted by atomic mass is 9.83. The lowest BCUT2D eigenvalue weighted by Crippen LogP contribution is -2.15. The van der Waals surface area contributed by atoms with Crippen molar-refractivity contribution in [3.63, 3.8) is 0 Å². The van der Waals surface area contributed by atoms with Crippen molar-refractivity contribution in [3.8, 4) is 0 Å². The second-order valence-electron chi connectivity index (χ2n) is 6.77. The Balaban J connectivity index is 2.42. The maximum atomic E-state index is 12.3. The van der Waals surface area contributed by atoms with Crippen LogP contribution in [0.5, 0.6) is 0 Å². The third kappa shape index (κ3) is 7.90. The quantitative estimate of drug-likeness (QED) is 0.535. The van der Waals surface area contributed by atoms with Crippen molar-refractivity contribution < 1.29 is 4.39 Å². The zero-order valence-electron chi connectivity index (χ0n) is 13.7. The predicted molar refractivity (Wildman–Crippen MR) is 91.0 cm³/mol. The summed E-state index contributed by atoms with van der Waals surface area (Å²) in [5.74, 6) is 3.51. The van der Waals surface area contributed by atoms with Crippen molar-refractivity contribution in [2.75, 3.05) is 11.8 Å². The Bertz CT molecular complexity index is 219. The molecule has 0 amide bonds. The Hall–Kier alpha value is 0.280. The van der Waals surface area contributed by atoms with Gasteiger partial charge in [-0.3, -0.25) is 0 Å². The van der Waals surface area contributed by atoms with Crippen molar-refractivity contribution in [1.29, 1.82) is 0 Å². The topological polar surface area (TPSA) is 0 Å². The van der Waals surface area contributed by atoms with Gasteiger partial charge in [0, 0.05) is 0 Å². The Morgan fingerprint density at radius 3 is 2.25 bits per heavy atom. The monoisotopic (exact) mass is 302 g/mol. The van der Waals surface area contributed by atoms with E-state index in [0.29, 0.717) is 5.92 Å². The van der Waals surface area contributed by atoms with Gasteiger partial charge in [-0.2, -0.15) is 0 Å². The molecule has 0 spiro atoms. The van der Waals surface area contributed by atoms with E-state index in [-0.39, 0.29) is 6.01 Å². The highest BCUT2D eigenvalue weighted by molar-refractivity contribution is 7.99. The van der Waals surface area contributed by atoms with Gasteiger partial charge in [0.2, 0.25) is 0 Å². The molecule has 0 aromatic rings. The van der Waals surface area contributed by atoms with Crippen LogP contribution in [-0.2, 0) is 0 Å². The van der Waals surface area contributed by atoms with Crippen molar-refractivity contribution in [2.24, 2.45) is 17.8 Å². The molecule has 1 saturated carbocycles. The summed E-state index contributed by atoms with van der Waals surface area (Å²) in [7, 11) is 0. The first-order valence-electron chi connectivity index (χ1n) is 8.91. The third-order valence-corrected chi connectivity index (χ3v) is 6.13. The molecule has 120 valence electrons. The Morgan fingerprint density at radius 1 is 0.950 bits per heavy atom. The molecule has 0 radical (unpaired) electrons. The van der Waals surface area contributed by atoms with Crippen LogP contribution in [0.25, 0.3) is 0 Å². The summed E-state index contributed by atoms with van der Waals surface area (Å²) in [5.41, 5.74) is 0. The Kier molecular flexibility index (Phi) is 10.9. The van der Waals surface area contributed by atoms with Gasteiger partial charge in [0.25, 0.3) is 0 Å². The molecule has 0 heterocycles. The first-order valence-corrected chi connectivity index (χ1v) is 10.1. The van der Waals surface area contributed by atoms with Crippen molar-refractivity contribution >= 4 is 11.8 Å². The summed E-state index contributed by atoms with van der Waals surface area (Å²) in [4.78, 5) is 0. The van der Waals surface area contributed by atoms with Crippen LogP contribution in [0.3, 0.4) is 0 Å². The molecule has 0 saturated heterocycles. The maximum Gasteiger partial charge on any atom is 0.135 e. The average Bonchev–Trinajstić information content (AvgIpc) is 2.45. The fraction of sp³-hybridized carbons (Fsp3) is 1.00. The first-order chi connectivity index (χ1) is 9.77. The SMILES string of the molecule is CCC1CCCCCCCC(C(C)CSCF)CCC1. The van der Waals surface area contributed by atoms with E-state index in [1.54, 1.807) is 0 Å². The summed E-state index contributed by atoms with van der Waals surface area (Å²) in [6, 6.07) is -0.213. The molecular weight excluding hydrogens is 267 g/mol. The minimum Gasteiger partial charge on any atom is -0.239 e. The van der Waals surface area contributed by atoms with Crippen molar-refractivity contribution in [2.45, 2.75) is 84.5 Å². The van der Waals surface area contributed by atoms with Crippen LogP contribution in [0.2, 0.25) is 0 Å². The lowest BCUT2D eigenvalue weighted by molar-refractivity contribution is 0.294. The van der Waals surface area contributed by atoms with Crippen LogP contribution in [0.4, 0.5) is 4.39 Å². The normalized spacial score (nSPS) is 28.4.